The Morgan fingerprint density at radius 1 is 1.42 bits per heavy atom. The molecule has 0 aliphatic carbocycles. The molecule has 0 aliphatic rings. The predicted molar refractivity (Wildman–Crippen MR) is 64.1 cm³/mol. The maximum absolute atomic E-state index is 13.3. The minimum atomic E-state index is -3.95. The zero-order chi connectivity index (χ0) is 13.9. The van der Waals surface area contributed by atoms with E-state index in [1.165, 1.54) is 23.3 Å². The number of rotatable bonds is 5. The highest BCUT2D eigenvalue weighted by Gasteiger charge is 2.19. The van der Waals surface area contributed by atoms with Gasteiger partial charge in [-0.25, -0.2) is 27.5 Å². The van der Waals surface area contributed by atoms with Crippen molar-refractivity contribution < 1.29 is 12.8 Å². The predicted octanol–water partition coefficient (Wildman–Crippen LogP) is -0.130. The summed E-state index contributed by atoms with van der Waals surface area (Å²) < 4.78 is 40.7. The second kappa shape index (κ2) is 5.41. The molecule has 0 saturated heterocycles. The summed E-state index contributed by atoms with van der Waals surface area (Å²) in [6, 6.07) is 2.37. The van der Waals surface area contributed by atoms with Crippen molar-refractivity contribution >= 4 is 10.0 Å². The molecule has 0 bridgehead atoms. The fraction of sp³-hybridized carbons (Fsp3) is 0.300. The van der Waals surface area contributed by atoms with Gasteiger partial charge in [-0.3, -0.25) is 4.68 Å². The Kier molecular flexibility index (Phi) is 3.86. The summed E-state index contributed by atoms with van der Waals surface area (Å²) in [6.45, 7) is 0.0718. The van der Waals surface area contributed by atoms with Crippen LogP contribution in [-0.2, 0) is 23.5 Å². The normalized spacial score (nSPS) is 11.7. The summed E-state index contributed by atoms with van der Waals surface area (Å²) in [5.41, 5.74) is 0. The Morgan fingerprint density at radius 3 is 2.84 bits per heavy atom. The average molecular weight is 285 g/mol. The van der Waals surface area contributed by atoms with Crippen molar-refractivity contribution in [1.29, 1.82) is 0 Å². The number of hydrogen-bond acceptors (Lipinski definition) is 5. The lowest BCUT2D eigenvalue weighted by atomic mass is 10.4. The van der Waals surface area contributed by atoms with Crippen molar-refractivity contribution in [3.8, 4) is 0 Å². The van der Waals surface area contributed by atoms with Gasteiger partial charge < -0.3 is 0 Å². The second-order valence-corrected chi connectivity index (χ2v) is 5.45. The van der Waals surface area contributed by atoms with Crippen LogP contribution < -0.4 is 4.72 Å². The van der Waals surface area contributed by atoms with Crippen molar-refractivity contribution in [3.63, 3.8) is 0 Å². The Hall–Kier alpha value is -1.87. The maximum Gasteiger partial charge on any atom is 0.261 e. The highest BCUT2D eigenvalue weighted by Crippen LogP contribution is 2.09. The average Bonchev–Trinajstić information content (AvgIpc) is 2.75. The van der Waals surface area contributed by atoms with Gasteiger partial charge >= 0.3 is 0 Å². The number of halogens is 1. The number of sulfonamides is 1. The molecule has 2 aromatic heterocycles. The lowest BCUT2D eigenvalue weighted by molar-refractivity contribution is 0.544. The molecule has 1 N–H and O–H groups in total. The molecule has 2 aromatic rings. The van der Waals surface area contributed by atoms with Gasteiger partial charge in [0.25, 0.3) is 10.0 Å². The van der Waals surface area contributed by atoms with E-state index < -0.39 is 20.9 Å². The van der Waals surface area contributed by atoms with Gasteiger partial charge in [0.05, 0.1) is 0 Å². The topological polar surface area (TPSA) is 89.8 Å². The monoisotopic (exact) mass is 285 g/mol. The summed E-state index contributed by atoms with van der Waals surface area (Å²) in [6.07, 6.45) is 3.05. The molecule has 2 rings (SSSR count). The van der Waals surface area contributed by atoms with Crippen LogP contribution in [0.3, 0.4) is 0 Å². The van der Waals surface area contributed by atoms with Crippen molar-refractivity contribution in [3.05, 3.63) is 36.3 Å². The van der Waals surface area contributed by atoms with Crippen LogP contribution in [0, 0.1) is 5.82 Å². The molecule has 7 nitrogen and oxygen atoms in total. The molecule has 0 aromatic carbocycles. The van der Waals surface area contributed by atoms with Gasteiger partial charge in [0, 0.05) is 26.2 Å². The Morgan fingerprint density at radius 2 is 2.21 bits per heavy atom. The highest BCUT2D eigenvalue weighted by atomic mass is 32.2. The minimum Gasteiger partial charge on any atom is -0.256 e. The molecule has 0 aliphatic heterocycles. The summed E-state index contributed by atoms with van der Waals surface area (Å²) >= 11 is 0. The molecule has 0 unspecified atom stereocenters. The summed E-state index contributed by atoms with van der Waals surface area (Å²) in [5.74, 6) is -0.377. The number of pyridine rings is 1. The third kappa shape index (κ3) is 3.32. The second-order valence-electron chi connectivity index (χ2n) is 3.77. The van der Waals surface area contributed by atoms with Gasteiger partial charge in [0.2, 0.25) is 5.03 Å². The largest absolute Gasteiger partial charge is 0.261 e. The maximum atomic E-state index is 13.3. The molecule has 102 valence electrons. The van der Waals surface area contributed by atoms with Crippen LogP contribution in [0.5, 0.6) is 0 Å². The van der Waals surface area contributed by atoms with Crippen molar-refractivity contribution in [2.24, 2.45) is 7.05 Å². The molecule has 0 fully saturated rings. The van der Waals surface area contributed by atoms with E-state index in [2.05, 4.69) is 19.8 Å². The van der Waals surface area contributed by atoms with E-state index in [0.717, 1.165) is 6.07 Å². The van der Waals surface area contributed by atoms with Crippen molar-refractivity contribution in [1.82, 2.24) is 24.5 Å². The highest BCUT2D eigenvalue weighted by molar-refractivity contribution is 7.89. The minimum absolute atomic E-state index is 0.0718. The van der Waals surface area contributed by atoms with E-state index in [-0.39, 0.29) is 6.54 Å². The first-order valence-electron chi connectivity index (χ1n) is 5.44. The fourth-order valence-electron chi connectivity index (χ4n) is 1.43. The van der Waals surface area contributed by atoms with E-state index in [1.54, 1.807) is 7.05 Å². The summed E-state index contributed by atoms with van der Waals surface area (Å²) in [7, 11) is -2.24. The Bertz CT molecular complexity index is 670. The molecule has 0 saturated carbocycles. The van der Waals surface area contributed by atoms with E-state index in [0.29, 0.717) is 12.2 Å². The molecule has 19 heavy (non-hydrogen) atoms. The zero-order valence-corrected chi connectivity index (χ0v) is 10.9. The van der Waals surface area contributed by atoms with E-state index in [1.807, 2.05) is 0 Å². The van der Waals surface area contributed by atoms with Crippen LogP contribution in [0.1, 0.15) is 5.82 Å². The van der Waals surface area contributed by atoms with E-state index in [4.69, 9.17) is 0 Å². The van der Waals surface area contributed by atoms with Crippen LogP contribution in [0.15, 0.2) is 29.7 Å². The first kappa shape index (κ1) is 13.6. The number of aryl methyl sites for hydroxylation is 1. The van der Waals surface area contributed by atoms with Crippen LogP contribution >= 0.6 is 0 Å². The van der Waals surface area contributed by atoms with Gasteiger partial charge in [-0.2, -0.15) is 5.10 Å². The first-order chi connectivity index (χ1) is 8.99. The standard InChI is InChI=1S/C10H12FN5O2S/c1-16-7-13-9(15-16)4-6-14-19(17,18)10-8(11)3-2-5-12-10/h2-3,5,7,14H,4,6H2,1H3. The smallest absolute Gasteiger partial charge is 0.256 e. The van der Waals surface area contributed by atoms with Gasteiger partial charge in [-0.1, -0.05) is 0 Å². The third-order valence-electron chi connectivity index (χ3n) is 2.27. The quantitative estimate of drug-likeness (QED) is 0.826. The molecule has 2 heterocycles. The van der Waals surface area contributed by atoms with Crippen LogP contribution in [-0.4, -0.2) is 34.7 Å². The SMILES string of the molecule is Cn1cnc(CCNS(=O)(=O)c2ncccc2F)n1. The molecule has 0 spiro atoms. The van der Waals surface area contributed by atoms with Crippen molar-refractivity contribution in [2.45, 2.75) is 11.4 Å². The molecular formula is C10H12FN5O2S. The van der Waals surface area contributed by atoms with E-state index >= 15 is 0 Å². The lowest BCUT2D eigenvalue weighted by Gasteiger charge is -2.05. The zero-order valence-electron chi connectivity index (χ0n) is 10.1. The van der Waals surface area contributed by atoms with Crippen LogP contribution in [0.4, 0.5) is 4.39 Å². The Labute approximate surface area is 109 Å². The summed E-state index contributed by atoms with van der Waals surface area (Å²) in [4.78, 5) is 7.47. The summed E-state index contributed by atoms with van der Waals surface area (Å²) in [5, 5.41) is 3.39. The van der Waals surface area contributed by atoms with Gasteiger partial charge in [0.15, 0.2) is 11.6 Å². The van der Waals surface area contributed by atoms with Crippen molar-refractivity contribution in [2.75, 3.05) is 6.54 Å². The third-order valence-corrected chi connectivity index (χ3v) is 3.66. The lowest BCUT2D eigenvalue weighted by Crippen LogP contribution is -2.27. The van der Waals surface area contributed by atoms with E-state index in [9.17, 15) is 12.8 Å². The Balaban J connectivity index is 2.01. The molecule has 0 amide bonds. The molecular weight excluding hydrogens is 273 g/mol. The number of nitrogens with zero attached hydrogens (tertiary/aromatic N) is 4. The fourth-order valence-corrected chi connectivity index (χ4v) is 2.46. The van der Waals surface area contributed by atoms with Gasteiger partial charge in [-0.15, -0.1) is 0 Å². The number of hydrogen-bond donors (Lipinski definition) is 1. The first-order valence-corrected chi connectivity index (χ1v) is 6.92. The molecule has 0 radical (unpaired) electrons. The molecule has 0 atom stereocenters. The van der Waals surface area contributed by atoms with Crippen LogP contribution in [0.25, 0.3) is 0 Å². The number of nitrogens with one attached hydrogen (secondary N) is 1. The number of aromatic nitrogens is 4. The van der Waals surface area contributed by atoms with Gasteiger partial charge in [-0.05, 0) is 12.1 Å². The van der Waals surface area contributed by atoms with Crippen LogP contribution in [0.2, 0.25) is 0 Å². The van der Waals surface area contributed by atoms with Gasteiger partial charge in [0.1, 0.15) is 6.33 Å². The molecule has 9 heteroatoms.